The van der Waals surface area contributed by atoms with Crippen molar-refractivity contribution in [2.24, 2.45) is 5.73 Å². The summed E-state index contributed by atoms with van der Waals surface area (Å²) in [7, 11) is 0. The summed E-state index contributed by atoms with van der Waals surface area (Å²) >= 11 is 6.45. The number of nitrogen functional groups attached to an aromatic ring is 1. The number of rotatable bonds is 1. The maximum atomic E-state index is 11.8. The number of benzene rings is 1. The van der Waals surface area contributed by atoms with E-state index in [0.717, 1.165) is 12.0 Å². The zero-order chi connectivity index (χ0) is 17.6. The van der Waals surface area contributed by atoms with Crippen molar-refractivity contribution >= 4 is 29.3 Å². The van der Waals surface area contributed by atoms with Crippen LogP contribution in [0.3, 0.4) is 0 Å². The molecule has 2 aliphatic rings. The predicted octanol–water partition coefficient (Wildman–Crippen LogP) is 1.88. The lowest BCUT2D eigenvalue weighted by Crippen LogP contribution is -2.31. The van der Waals surface area contributed by atoms with Crippen LogP contribution in [0.2, 0.25) is 5.02 Å². The molecular formula is C16H16ClN5O3. The van der Waals surface area contributed by atoms with E-state index < -0.39 is 5.91 Å². The van der Waals surface area contributed by atoms with Crippen molar-refractivity contribution in [3.63, 3.8) is 0 Å². The minimum Gasteiger partial charge on any atom is -0.438 e. The average Bonchev–Trinajstić information content (AvgIpc) is 2.79. The Bertz CT molecular complexity index is 860. The number of aromatic nitrogens is 2. The van der Waals surface area contributed by atoms with Gasteiger partial charge in [-0.05, 0) is 24.1 Å². The van der Waals surface area contributed by atoms with Crippen molar-refractivity contribution in [2.75, 3.05) is 30.4 Å². The van der Waals surface area contributed by atoms with E-state index in [-0.39, 0.29) is 29.2 Å². The topological polar surface area (TPSA) is 117 Å². The lowest BCUT2D eigenvalue weighted by Gasteiger charge is -2.30. The van der Waals surface area contributed by atoms with Crippen molar-refractivity contribution < 1.29 is 14.3 Å². The Kier molecular flexibility index (Phi) is 3.85. The Morgan fingerprint density at radius 1 is 1.32 bits per heavy atom. The highest BCUT2D eigenvalue weighted by Crippen LogP contribution is 2.40. The zero-order valence-electron chi connectivity index (χ0n) is 13.2. The Balaban J connectivity index is 1.97. The molecule has 1 saturated heterocycles. The second kappa shape index (κ2) is 6.05. The molecule has 1 amide bonds. The van der Waals surface area contributed by atoms with Gasteiger partial charge in [0.2, 0.25) is 11.8 Å². The van der Waals surface area contributed by atoms with Crippen LogP contribution in [-0.4, -0.2) is 35.6 Å². The number of carbonyl (C=O) groups is 1. The quantitative estimate of drug-likeness (QED) is 0.796. The highest BCUT2D eigenvalue weighted by molar-refractivity contribution is 6.32. The van der Waals surface area contributed by atoms with E-state index >= 15 is 0 Å². The van der Waals surface area contributed by atoms with Crippen molar-refractivity contribution in [3.8, 4) is 11.6 Å². The number of halogens is 1. The van der Waals surface area contributed by atoms with Crippen molar-refractivity contribution in [2.45, 2.75) is 12.5 Å². The summed E-state index contributed by atoms with van der Waals surface area (Å²) < 4.78 is 11.5. The number of amides is 1. The van der Waals surface area contributed by atoms with Gasteiger partial charge in [0.15, 0.2) is 0 Å². The molecule has 0 radical (unpaired) electrons. The van der Waals surface area contributed by atoms with Gasteiger partial charge in [-0.2, -0.15) is 9.97 Å². The van der Waals surface area contributed by atoms with Gasteiger partial charge in [-0.3, -0.25) is 4.79 Å². The van der Waals surface area contributed by atoms with Crippen molar-refractivity contribution in [3.05, 3.63) is 34.3 Å². The van der Waals surface area contributed by atoms with E-state index in [4.69, 9.17) is 32.5 Å². The fraction of sp³-hybridized carbons (Fsp3) is 0.312. The molecule has 25 heavy (non-hydrogen) atoms. The molecule has 1 aromatic heterocycles. The van der Waals surface area contributed by atoms with Gasteiger partial charge >= 0.3 is 0 Å². The zero-order valence-corrected chi connectivity index (χ0v) is 14.0. The lowest BCUT2D eigenvalue weighted by molar-refractivity contribution is 0.0998. The van der Waals surface area contributed by atoms with Crippen LogP contribution in [0.25, 0.3) is 0 Å². The van der Waals surface area contributed by atoms with Gasteiger partial charge in [-0.1, -0.05) is 11.6 Å². The minimum absolute atomic E-state index is 0.0816. The van der Waals surface area contributed by atoms with E-state index in [9.17, 15) is 4.79 Å². The van der Waals surface area contributed by atoms with Crippen molar-refractivity contribution in [1.29, 1.82) is 0 Å². The fourth-order valence-electron chi connectivity index (χ4n) is 3.15. The second-order valence-electron chi connectivity index (χ2n) is 5.90. The number of anilines is 2. The van der Waals surface area contributed by atoms with Crippen LogP contribution in [0.4, 0.5) is 11.8 Å². The number of hydrogen-bond donors (Lipinski definition) is 2. The normalized spacial score (nSPS) is 18.9. The van der Waals surface area contributed by atoms with Crippen LogP contribution in [0, 0.1) is 0 Å². The smallest absolute Gasteiger partial charge is 0.252 e. The average molecular weight is 362 g/mol. The van der Waals surface area contributed by atoms with E-state index in [2.05, 4.69) is 14.9 Å². The Morgan fingerprint density at radius 3 is 2.96 bits per heavy atom. The largest absolute Gasteiger partial charge is 0.438 e. The van der Waals surface area contributed by atoms with Crippen LogP contribution in [-0.2, 0) is 4.74 Å². The van der Waals surface area contributed by atoms with Gasteiger partial charge < -0.3 is 25.8 Å². The maximum Gasteiger partial charge on any atom is 0.252 e. The molecule has 0 saturated carbocycles. The molecule has 8 nitrogen and oxygen atoms in total. The number of carbonyl (C=O) groups excluding carboxylic acids is 1. The first-order chi connectivity index (χ1) is 12.0. The number of nitrogens with zero attached hydrogens (tertiary/aromatic N) is 3. The molecule has 4 N–H and O–H groups in total. The Hall–Kier alpha value is -2.58. The molecule has 2 aromatic rings. The summed E-state index contributed by atoms with van der Waals surface area (Å²) in [5, 5.41) is 0.414. The monoisotopic (exact) mass is 361 g/mol. The highest BCUT2D eigenvalue weighted by atomic mass is 35.5. The SMILES string of the molecule is NC(=O)c1cc(Cl)c2cc1Oc1cc(nc(N)n1)N1CCCOC[C@@H]21. The third-order valence-electron chi connectivity index (χ3n) is 4.28. The first-order valence-electron chi connectivity index (χ1n) is 7.83. The Morgan fingerprint density at radius 2 is 2.16 bits per heavy atom. The number of hydrogen-bond acceptors (Lipinski definition) is 7. The first kappa shape index (κ1) is 15.9. The molecule has 1 fully saturated rings. The third kappa shape index (κ3) is 2.83. The van der Waals surface area contributed by atoms with E-state index in [1.807, 2.05) is 0 Å². The molecule has 0 unspecified atom stereocenters. The second-order valence-corrected chi connectivity index (χ2v) is 6.30. The molecule has 4 bridgehead atoms. The molecule has 9 heteroatoms. The third-order valence-corrected chi connectivity index (χ3v) is 4.61. The standard InChI is InChI=1S/C16H16ClN5O3/c17-10-4-9(15(18)23)12-5-8(10)11-7-24-3-1-2-22(11)13-6-14(25-12)21-16(19)20-13/h4-6,11H,1-3,7H2,(H2,18,23)(H2,19,20,21)/t11-/m0/s1. The van der Waals surface area contributed by atoms with E-state index in [1.165, 1.54) is 6.07 Å². The summed E-state index contributed by atoms with van der Waals surface area (Å²) in [5.41, 5.74) is 12.2. The van der Waals surface area contributed by atoms with Gasteiger partial charge in [0.25, 0.3) is 5.91 Å². The number of nitrogens with two attached hydrogens (primary N) is 2. The summed E-state index contributed by atoms with van der Waals surface area (Å²) in [4.78, 5) is 22.3. The summed E-state index contributed by atoms with van der Waals surface area (Å²) in [6.45, 7) is 1.78. The molecular weight excluding hydrogens is 346 g/mol. The van der Waals surface area contributed by atoms with Gasteiger partial charge in [0.05, 0.1) is 18.2 Å². The molecule has 4 rings (SSSR count). The number of fused-ring (bicyclic) bond motifs is 7. The summed E-state index contributed by atoms with van der Waals surface area (Å²) in [6.07, 6.45) is 0.834. The molecule has 130 valence electrons. The van der Waals surface area contributed by atoms with E-state index in [1.54, 1.807) is 12.1 Å². The summed E-state index contributed by atoms with van der Waals surface area (Å²) in [6, 6.07) is 4.72. The van der Waals surface area contributed by atoms with Crippen LogP contribution in [0.15, 0.2) is 18.2 Å². The minimum atomic E-state index is -0.640. The van der Waals surface area contributed by atoms with Gasteiger partial charge in [0, 0.05) is 24.2 Å². The molecule has 1 aromatic carbocycles. The Labute approximate surface area is 148 Å². The highest BCUT2D eigenvalue weighted by Gasteiger charge is 2.30. The van der Waals surface area contributed by atoms with E-state index in [0.29, 0.717) is 30.6 Å². The number of ether oxygens (including phenoxy) is 2. The van der Waals surface area contributed by atoms with Crippen LogP contribution >= 0.6 is 11.6 Å². The van der Waals surface area contributed by atoms with Crippen LogP contribution < -0.4 is 21.1 Å². The maximum absolute atomic E-state index is 11.8. The van der Waals surface area contributed by atoms with Crippen molar-refractivity contribution in [1.82, 2.24) is 9.97 Å². The predicted molar refractivity (Wildman–Crippen MR) is 92.0 cm³/mol. The van der Waals surface area contributed by atoms with Gasteiger partial charge in [-0.15, -0.1) is 0 Å². The molecule has 1 atom stereocenters. The fourth-order valence-corrected chi connectivity index (χ4v) is 3.44. The summed E-state index contributed by atoms with van der Waals surface area (Å²) in [5.74, 6) is 0.584. The molecule has 0 aliphatic carbocycles. The number of primary amides is 1. The van der Waals surface area contributed by atoms with Gasteiger partial charge in [-0.25, -0.2) is 0 Å². The lowest BCUT2D eigenvalue weighted by atomic mass is 10.0. The first-order valence-corrected chi connectivity index (χ1v) is 8.21. The molecule has 2 aliphatic heterocycles. The van der Waals surface area contributed by atoms with Crippen LogP contribution in [0.5, 0.6) is 11.6 Å². The molecule has 3 heterocycles. The van der Waals surface area contributed by atoms with Gasteiger partial charge in [0.1, 0.15) is 11.6 Å². The van der Waals surface area contributed by atoms with Crippen LogP contribution in [0.1, 0.15) is 28.4 Å². The molecule has 0 spiro atoms.